The van der Waals surface area contributed by atoms with Crippen molar-refractivity contribution >= 4 is 52.2 Å². The van der Waals surface area contributed by atoms with E-state index in [1.165, 1.54) is 18.4 Å². The number of halogens is 2. The molecule has 1 aromatic heterocycles. The molecule has 4 N–H and O–H groups in total. The maximum atomic E-state index is 11.3. The Bertz CT molecular complexity index is 384. The molecular weight excluding hydrogens is 259 g/mol. The maximum absolute atomic E-state index is 11.3. The fraction of sp³-hybridized carbons (Fsp3) is 0.143. The Morgan fingerprint density at radius 1 is 1.60 bits per heavy atom. The topological polar surface area (TPSA) is 79.5 Å². The molecule has 1 rings (SSSR count). The van der Waals surface area contributed by atoms with E-state index in [-0.39, 0.29) is 5.96 Å². The number of anilines is 1. The van der Waals surface area contributed by atoms with E-state index in [1.807, 2.05) is 0 Å². The molecule has 0 atom stereocenters. The highest BCUT2D eigenvalue weighted by Gasteiger charge is 2.11. The normalized spacial score (nSPS) is 11.3. The predicted octanol–water partition coefficient (Wildman–Crippen LogP) is 2.12. The highest BCUT2D eigenvalue weighted by molar-refractivity contribution is 7.15. The first-order chi connectivity index (χ1) is 7.04. The summed E-state index contributed by atoms with van der Waals surface area (Å²) in [6.45, 7) is 0. The van der Waals surface area contributed by atoms with Gasteiger partial charge in [-0.25, -0.2) is 4.79 Å². The van der Waals surface area contributed by atoms with Crippen LogP contribution in [0.5, 0.6) is 0 Å². The number of nitrogens with two attached hydrogens (primary N) is 1. The lowest BCUT2D eigenvalue weighted by Gasteiger charge is -2.05. The molecule has 0 aromatic carbocycles. The van der Waals surface area contributed by atoms with E-state index in [0.29, 0.717) is 15.0 Å². The van der Waals surface area contributed by atoms with Crippen molar-refractivity contribution in [1.29, 1.82) is 0 Å². The molecule has 0 aliphatic heterocycles. The number of hydrogen-bond donors (Lipinski definition) is 3. The molecule has 0 spiro atoms. The Labute approximate surface area is 100 Å². The number of carbonyl (C=O) groups is 1. The summed E-state index contributed by atoms with van der Waals surface area (Å²) in [6, 6.07) is -0.541. The van der Waals surface area contributed by atoms with Gasteiger partial charge < -0.3 is 11.1 Å². The summed E-state index contributed by atoms with van der Waals surface area (Å²) < 4.78 is 0.405. The van der Waals surface area contributed by atoms with E-state index in [9.17, 15) is 4.79 Å². The number of thiophene rings is 1. The zero-order valence-corrected chi connectivity index (χ0v) is 10.0. The van der Waals surface area contributed by atoms with Gasteiger partial charge in [-0.2, -0.15) is 0 Å². The number of carbonyl (C=O) groups excluding carboxylic acids is 1. The predicted molar refractivity (Wildman–Crippen MR) is 64.0 cm³/mol. The number of urea groups is 1. The van der Waals surface area contributed by atoms with Crippen LogP contribution in [0.1, 0.15) is 0 Å². The lowest BCUT2D eigenvalue weighted by molar-refractivity contribution is 0.256. The van der Waals surface area contributed by atoms with E-state index in [2.05, 4.69) is 15.6 Å². The van der Waals surface area contributed by atoms with Gasteiger partial charge in [-0.3, -0.25) is 10.3 Å². The lowest BCUT2D eigenvalue weighted by atomic mass is 10.5. The van der Waals surface area contributed by atoms with Crippen molar-refractivity contribution in [2.45, 2.75) is 0 Å². The average Bonchev–Trinajstić information content (AvgIpc) is 2.49. The van der Waals surface area contributed by atoms with E-state index in [0.717, 1.165) is 0 Å². The van der Waals surface area contributed by atoms with Crippen LogP contribution in [-0.2, 0) is 0 Å². The van der Waals surface area contributed by atoms with Crippen molar-refractivity contribution in [3.8, 4) is 0 Å². The zero-order valence-electron chi connectivity index (χ0n) is 7.67. The Morgan fingerprint density at radius 2 is 2.27 bits per heavy atom. The second-order valence-electron chi connectivity index (χ2n) is 2.42. The summed E-state index contributed by atoms with van der Waals surface area (Å²) in [6.07, 6.45) is 0. The summed E-state index contributed by atoms with van der Waals surface area (Å²) in [5, 5.41) is 6.75. The van der Waals surface area contributed by atoms with Crippen LogP contribution in [0.2, 0.25) is 9.36 Å². The monoisotopic (exact) mass is 266 g/mol. The van der Waals surface area contributed by atoms with Gasteiger partial charge in [-0.15, -0.1) is 11.3 Å². The number of aliphatic imine (C=N–C) groups is 1. The number of nitrogens with zero attached hydrogens (tertiary/aromatic N) is 1. The van der Waals surface area contributed by atoms with Crippen molar-refractivity contribution in [1.82, 2.24) is 5.32 Å². The molecule has 1 heterocycles. The standard InChI is InChI=1S/C7H8Cl2N4OS/c1-11-6(10)13-7(14)12-4-3(8)2-15-5(4)9/h2H,1H3,(H4,10,11,12,13,14). The van der Waals surface area contributed by atoms with Crippen LogP contribution in [-0.4, -0.2) is 19.0 Å². The first kappa shape index (κ1) is 12.1. The number of nitrogens with one attached hydrogen (secondary N) is 2. The van der Waals surface area contributed by atoms with E-state index in [4.69, 9.17) is 28.9 Å². The summed E-state index contributed by atoms with van der Waals surface area (Å²) in [4.78, 5) is 14.9. The summed E-state index contributed by atoms with van der Waals surface area (Å²) in [5.41, 5.74) is 5.66. The van der Waals surface area contributed by atoms with Crippen LogP contribution < -0.4 is 16.4 Å². The number of rotatable bonds is 1. The molecule has 0 saturated heterocycles. The molecule has 1 aromatic rings. The second-order valence-corrected chi connectivity index (χ2v) is 4.31. The van der Waals surface area contributed by atoms with Crippen LogP contribution in [0, 0.1) is 0 Å². The molecule has 0 radical (unpaired) electrons. The van der Waals surface area contributed by atoms with Gasteiger partial charge in [-0.05, 0) is 0 Å². The van der Waals surface area contributed by atoms with Gasteiger partial charge in [0.15, 0.2) is 5.96 Å². The fourth-order valence-electron chi connectivity index (χ4n) is 0.741. The van der Waals surface area contributed by atoms with Crippen LogP contribution in [0.15, 0.2) is 10.4 Å². The van der Waals surface area contributed by atoms with Crippen LogP contribution in [0.25, 0.3) is 0 Å². The molecule has 8 heteroatoms. The molecule has 2 amide bonds. The SMILES string of the molecule is CN=C(N)NC(=O)Nc1c(Cl)csc1Cl. The molecule has 0 aliphatic carbocycles. The number of hydrogen-bond acceptors (Lipinski definition) is 3. The Kier molecular flexibility index (Phi) is 4.19. The van der Waals surface area contributed by atoms with E-state index in [1.54, 1.807) is 5.38 Å². The van der Waals surface area contributed by atoms with Gasteiger partial charge in [0.1, 0.15) is 4.34 Å². The smallest absolute Gasteiger partial charge is 0.326 e. The minimum atomic E-state index is -0.541. The quantitative estimate of drug-likeness (QED) is 0.538. The third-order valence-electron chi connectivity index (χ3n) is 1.42. The molecule has 0 aliphatic rings. The molecule has 5 nitrogen and oxygen atoms in total. The van der Waals surface area contributed by atoms with E-state index < -0.39 is 6.03 Å². The van der Waals surface area contributed by atoms with Gasteiger partial charge in [0.05, 0.1) is 10.7 Å². The minimum Gasteiger partial charge on any atom is -0.370 e. The van der Waals surface area contributed by atoms with E-state index >= 15 is 0 Å². The second kappa shape index (κ2) is 5.20. The van der Waals surface area contributed by atoms with Crippen molar-refractivity contribution in [2.24, 2.45) is 10.7 Å². The fourth-order valence-corrected chi connectivity index (χ4v) is 2.01. The number of amides is 2. The minimum absolute atomic E-state index is 0.00924. The number of guanidine groups is 1. The molecule has 0 saturated carbocycles. The largest absolute Gasteiger partial charge is 0.370 e. The van der Waals surface area contributed by atoms with Gasteiger partial charge in [0.2, 0.25) is 0 Å². The molecule has 82 valence electrons. The Balaban J connectivity index is 2.67. The van der Waals surface area contributed by atoms with Gasteiger partial charge >= 0.3 is 6.03 Å². The highest BCUT2D eigenvalue weighted by atomic mass is 35.5. The molecule has 15 heavy (non-hydrogen) atoms. The molecule has 0 bridgehead atoms. The Hall–Kier alpha value is -0.980. The van der Waals surface area contributed by atoms with Crippen molar-refractivity contribution < 1.29 is 4.79 Å². The lowest BCUT2D eigenvalue weighted by Crippen LogP contribution is -2.39. The van der Waals surface area contributed by atoms with Crippen molar-refractivity contribution in [3.05, 3.63) is 14.7 Å². The molecule has 0 fully saturated rings. The Morgan fingerprint density at radius 3 is 2.73 bits per heavy atom. The average molecular weight is 267 g/mol. The molecular formula is C7H8Cl2N4OS. The van der Waals surface area contributed by atoms with Crippen LogP contribution in [0.3, 0.4) is 0 Å². The third kappa shape index (κ3) is 3.26. The first-order valence-electron chi connectivity index (χ1n) is 3.77. The van der Waals surface area contributed by atoms with Crippen molar-refractivity contribution in [3.63, 3.8) is 0 Å². The van der Waals surface area contributed by atoms with Crippen LogP contribution >= 0.6 is 34.5 Å². The summed E-state index contributed by atoms with van der Waals surface area (Å²) in [7, 11) is 1.46. The van der Waals surface area contributed by atoms with Gasteiger partial charge in [0.25, 0.3) is 0 Å². The maximum Gasteiger partial charge on any atom is 0.326 e. The van der Waals surface area contributed by atoms with Gasteiger partial charge in [-0.1, -0.05) is 23.2 Å². The summed E-state index contributed by atoms with van der Waals surface area (Å²) in [5.74, 6) is 0.00924. The third-order valence-corrected chi connectivity index (χ3v) is 3.07. The zero-order chi connectivity index (χ0) is 11.4. The first-order valence-corrected chi connectivity index (χ1v) is 5.41. The highest BCUT2D eigenvalue weighted by Crippen LogP contribution is 2.36. The van der Waals surface area contributed by atoms with Crippen LogP contribution in [0.4, 0.5) is 10.5 Å². The summed E-state index contributed by atoms with van der Waals surface area (Å²) >= 11 is 12.8. The van der Waals surface area contributed by atoms with Crippen molar-refractivity contribution in [2.75, 3.05) is 12.4 Å². The van der Waals surface area contributed by atoms with Gasteiger partial charge in [0, 0.05) is 12.4 Å². The molecule has 0 unspecified atom stereocenters.